The molecule has 1 aliphatic carbocycles. The van der Waals surface area contributed by atoms with E-state index in [9.17, 15) is 0 Å². The van der Waals surface area contributed by atoms with Crippen molar-refractivity contribution >= 4 is 16.9 Å². The highest BCUT2D eigenvalue weighted by atomic mass is 32.2. The Kier molecular flexibility index (Phi) is 2.76. The first-order valence-electron chi connectivity index (χ1n) is 7.22. The van der Waals surface area contributed by atoms with Crippen LogP contribution in [0.1, 0.15) is 18.1 Å². The van der Waals surface area contributed by atoms with Crippen molar-refractivity contribution in [2.24, 2.45) is 5.10 Å². The lowest BCUT2D eigenvalue weighted by atomic mass is 10.0. The molecular weight excluding hydrogens is 270 g/mol. The van der Waals surface area contributed by atoms with Crippen LogP contribution in [-0.4, -0.2) is 47.1 Å². The van der Waals surface area contributed by atoms with Gasteiger partial charge in [0.05, 0.1) is 11.8 Å². The molecule has 4 nitrogen and oxygen atoms in total. The van der Waals surface area contributed by atoms with Gasteiger partial charge in [0.2, 0.25) is 0 Å². The molecule has 2 aliphatic heterocycles. The van der Waals surface area contributed by atoms with Gasteiger partial charge in [-0.1, -0.05) is 36.0 Å². The monoisotopic (exact) mass is 289 g/mol. The molecule has 0 spiro atoms. The molecule has 0 aromatic heterocycles. The van der Waals surface area contributed by atoms with Crippen LogP contribution in [0.3, 0.4) is 0 Å². The van der Waals surface area contributed by atoms with E-state index in [2.05, 4.69) is 41.2 Å². The first kappa shape index (κ1) is 12.5. The van der Waals surface area contributed by atoms with E-state index in [0.29, 0.717) is 5.25 Å². The van der Waals surface area contributed by atoms with Crippen molar-refractivity contribution in [2.45, 2.75) is 24.3 Å². The molecule has 1 aromatic rings. The summed E-state index contributed by atoms with van der Waals surface area (Å²) in [5, 5.41) is 8.26. The Morgan fingerprint density at radius 1 is 1.40 bits per heavy atom. The van der Waals surface area contributed by atoms with Gasteiger partial charge in [0, 0.05) is 25.8 Å². The molecule has 0 unspecified atom stereocenters. The summed E-state index contributed by atoms with van der Waals surface area (Å²) in [6.45, 7) is 4.74. The van der Waals surface area contributed by atoms with E-state index >= 15 is 0 Å². The zero-order valence-corrected chi connectivity index (χ0v) is 12.7. The first-order chi connectivity index (χ1) is 9.75. The minimum absolute atomic E-state index is 0.296. The van der Waals surface area contributed by atoms with Crippen molar-refractivity contribution < 1.29 is 4.74 Å². The Morgan fingerprint density at radius 2 is 2.25 bits per heavy atom. The molecule has 0 bridgehead atoms. The normalized spacial score (nSPS) is 30.9. The number of hydrogen-bond donors (Lipinski definition) is 0. The third-order valence-electron chi connectivity index (χ3n) is 4.39. The third kappa shape index (κ3) is 1.50. The average Bonchev–Trinajstić information content (AvgIpc) is 2.89. The van der Waals surface area contributed by atoms with Gasteiger partial charge in [-0.25, -0.2) is 0 Å². The van der Waals surface area contributed by atoms with E-state index in [1.54, 1.807) is 0 Å². The molecule has 0 saturated carbocycles. The average molecular weight is 289 g/mol. The fraction of sp³-hybridized carbons (Fsp3) is 0.533. The molecule has 20 heavy (non-hydrogen) atoms. The van der Waals surface area contributed by atoms with Crippen molar-refractivity contribution in [3.05, 3.63) is 35.4 Å². The molecule has 0 amide bonds. The summed E-state index contributed by atoms with van der Waals surface area (Å²) in [5.41, 5.74) is 2.47. The standard InChI is InChI=1S/C15H19N3OS/c1-3-19-15-12-7-5-4-6-11(12)10-13(15)20-14-16-17(2)8-9-18(14)15/h4-7,13H,3,8-10H2,1-2H3/t13-,15-/m0/s1. The number of hydrazone groups is 1. The van der Waals surface area contributed by atoms with Gasteiger partial charge in [-0.05, 0) is 18.9 Å². The topological polar surface area (TPSA) is 28.1 Å². The van der Waals surface area contributed by atoms with Crippen LogP contribution in [0.4, 0.5) is 0 Å². The zero-order valence-electron chi connectivity index (χ0n) is 11.9. The Morgan fingerprint density at radius 3 is 3.10 bits per heavy atom. The molecule has 0 radical (unpaired) electrons. The van der Waals surface area contributed by atoms with Crippen molar-refractivity contribution in [1.82, 2.24) is 9.91 Å². The largest absolute Gasteiger partial charge is 0.350 e. The Balaban J connectivity index is 1.86. The van der Waals surface area contributed by atoms with Crippen molar-refractivity contribution in [2.75, 3.05) is 26.7 Å². The molecule has 1 aromatic carbocycles. The van der Waals surface area contributed by atoms with Crippen LogP contribution >= 0.6 is 11.8 Å². The van der Waals surface area contributed by atoms with Gasteiger partial charge in [-0.3, -0.25) is 5.01 Å². The fourth-order valence-corrected chi connectivity index (χ4v) is 5.12. The molecule has 5 heteroatoms. The van der Waals surface area contributed by atoms with Gasteiger partial charge in [0.1, 0.15) is 0 Å². The fourth-order valence-electron chi connectivity index (χ4n) is 3.58. The lowest BCUT2D eigenvalue weighted by Crippen LogP contribution is -2.52. The summed E-state index contributed by atoms with van der Waals surface area (Å²) in [6.07, 6.45) is 1.07. The van der Waals surface area contributed by atoms with E-state index in [1.165, 1.54) is 11.1 Å². The Labute approximate surface area is 123 Å². The molecule has 106 valence electrons. The number of likely N-dealkylation sites (N-methyl/N-ethyl adjacent to an activating group) is 1. The van der Waals surface area contributed by atoms with Crippen LogP contribution in [0.15, 0.2) is 29.4 Å². The molecule has 2 heterocycles. The van der Waals surface area contributed by atoms with E-state index in [1.807, 2.05) is 23.8 Å². The summed E-state index contributed by atoms with van der Waals surface area (Å²) in [6, 6.07) is 8.72. The van der Waals surface area contributed by atoms with Crippen molar-refractivity contribution in [1.29, 1.82) is 0 Å². The second kappa shape index (κ2) is 4.40. The van der Waals surface area contributed by atoms with Crippen molar-refractivity contribution in [3.8, 4) is 0 Å². The maximum absolute atomic E-state index is 6.35. The highest BCUT2D eigenvalue weighted by molar-refractivity contribution is 8.14. The lowest BCUT2D eigenvalue weighted by Gasteiger charge is -2.41. The molecule has 0 N–H and O–H groups in total. The van der Waals surface area contributed by atoms with Gasteiger partial charge in [0.25, 0.3) is 0 Å². The number of ether oxygens (including phenoxy) is 1. The molecular formula is C15H19N3OS. The van der Waals surface area contributed by atoms with Gasteiger partial charge in [-0.15, -0.1) is 0 Å². The molecule has 1 fully saturated rings. The number of amidine groups is 1. The molecule has 4 rings (SSSR count). The van der Waals surface area contributed by atoms with Gasteiger partial charge >= 0.3 is 0 Å². The smallest absolute Gasteiger partial charge is 0.186 e. The number of fused-ring (bicyclic) bond motifs is 5. The molecule has 2 atom stereocenters. The van der Waals surface area contributed by atoms with Crippen LogP contribution in [0.5, 0.6) is 0 Å². The number of rotatable bonds is 2. The number of hydrogen-bond acceptors (Lipinski definition) is 5. The highest BCUT2D eigenvalue weighted by Crippen LogP contribution is 2.54. The minimum atomic E-state index is -0.296. The van der Waals surface area contributed by atoms with E-state index in [4.69, 9.17) is 4.74 Å². The van der Waals surface area contributed by atoms with Crippen LogP contribution in [0.2, 0.25) is 0 Å². The van der Waals surface area contributed by atoms with Crippen LogP contribution in [0, 0.1) is 0 Å². The van der Waals surface area contributed by atoms with Gasteiger partial charge in [0.15, 0.2) is 10.9 Å². The van der Waals surface area contributed by atoms with E-state index < -0.39 is 0 Å². The van der Waals surface area contributed by atoms with Gasteiger partial charge in [-0.2, -0.15) is 5.10 Å². The van der Waals surface area contributed by atoms with Gasteiger partial charge < -0.3 is 9.64 Å². The van der Waals surface area contributed by atoms with Crippen molar-refractivity contribution in [3.63, 3.8) is 0 Å². The van der Waals surface area contributed by atoms with E-state index in [-0.39, 0.29) is 5.72 Å². The van der Waals surface area contributed by atoms with Crippen LogP contribution in [0.25, 0.3) is 0 Å². The van der Waals surface area contributed by atoms with E-state index in [0.717, 1.165) is 31.3 Å². The third-order valence-corrected chi connectivity index (χ3v) is 5.68. The number of benzene rings is 1. The van der Waals surface area contributed by atoms with Crippen LogP contribution in [-0.2, 0) is 16.9 Å². The summed E-state index contributed by atoms with van der Waals surface area (Å²) in [4.78, 5) is 2.39. The quantitative estimate of drug-likeness (QED) is 0.833. The Bertz CT molecular complexity index is 576. The second-order valence-corrected chi connectivity index (χ2v) is 6.68. The van der Waals surface area contributed by atoms with Crippen LogP contribution < -0.4 is 0 Å². The molecule has 1 saturated heterocycles. The maximum atomic E-state index is 6.35. The predicted octanol–water partition coefficient (Wildman–Crippen LogP) is 2.07. The zero-order chi connectivity index (χ0) is 13.7. The highest BCUT2D eigenvalue weighted by Gasteiger charge is 2.59. The SMILES string of the molecule is CCO[C@@]12c3ccccc3C[C@@H]1SC1=NN(C)CCN12. The summed E-state index contributed by atoms with van der Waals surface area (Å²) < 4.78 is 6.35. The lowest BCUT2D eigenvalue weighted by molar-refractivity contribution is -0.123. The second-order valence-electron chi connectivity index (χ2n) is 5.51. The Hall–Kier alpha value is -1.20. The first-order valence-corrected chi connectivity index (χ1v) is 8.10. The predicted molar refractivity (Wildman–Crippen MR) is 81.6 cm³/mol. The maximum Gasteiger partial charge on any atom is 0.186 e. The summed E-state index contributed by atoms with van der Waals surface area (Å²) in [7, 11) is 2.04. The minimum Gasteiger partial charge on any atom is -0.350 e. The summed E-state index contributed by atoms with van der Waals surface area (Å²) >= 11 is 1.87. The number of nitrogens with zero attached hydrogens (tertiary/aromatic N) is 3. The number of thioether (sulfide) groups is 1. The summed E-state index contributed by atoms with van der Waals surface area (Å²) in [5.74, 6) is 0. The molecule has 3 aliphatic rings.